The molecule has 3 aromatic rings. The number of hydrogen-bond acceptors (Lipinski definition) is 6. The summed E-state index contributed by atoms with van der Waals surface area (Å²) in [7, 11) is 0. The van der Waals surface area contributed by atoms with Crippen LogP contribution < -0.4 is 10.2 Å². The largest absolute Gasteiger partial charge is 0.435 e. The highest BCUT2D eigenvalue weighted by Crippen LogP contribution is 2.39. The molecule has 40 heavy (non-hydrogen) atoms. The van der Waals surface area contributed by atoms with E-state index in [1.807, 2.05) is 0 Å². The minimum atomic E-state index is -4.62. The van der Waals surface area contributed by atoms with Gasteiger partial charge >= 0.3 is 6.18 Å². The van der Waals surface area contributed by atoms with Gasteiger partial charge in [0.25, 0.3) is 0 Å². The number of anilines is 3. The maximum atomic E-state index is 14.4. The molecule has 0 amide bonds. The first-order chi connectivity index (χ1) is 19.0. The van der Waals surface area contributed by atoms with Crippen LogP contribution in [0.2, 0.25) is 0 Å². The molecule has 0 unspecified atom stereocenters. The second-order valence-electron chi connectivity index (χ2n) is 11.7. The number of rotatable bonds is 7. The van der Waals surface area contributed by atoms with Gasteiger partial charge in [-0.25, -0.2) is 14.4 Å². The molecule has 5 rings (SSSR count). The molecule has 1 aromatic carbocycles. The van der Waals surface area contributed by atoms with Crippen LogP contribution in [0.5, 0.6) is 0 Å². The SMILES string of the molecule is CC(C)n1nc(C(F)(F)F)cc1-c1cc(F)ccc1Nc1cncnc1N1CCN(CC2(C)CCCCC2)CC1. The quantitative estimate of drug-likeness (QED) is 0.317. The number of benzene rings is 1. The van der Waals surface area contributed by atoms with Crippen molar-refractivity contribution in [1.29, 1.82) is 0 Å². The summed E-state index contributed by atoms with van der Waals surface area (Å²) in [5.41, 5.74) is 0.862. The molecule has 1 saturated carbocycles. The first kappa shape index (κ1) is 28.3. The summed E-state index contributed by atoms with van der Waals surface area (Å²) in [5, 5.41) is 7.08. The molecule has 7 nitrogen and oxygen atoms in total. The molecular weight excluding hydrogens is 522 g/mol. The standard InChI is InChI=1S/C29H37F4N7/c1-20(2)40-25(16-26(37-40)29(31,32)33)22-15-21(30)7-8-23(22)36-24-17-34-19-35-27(24)39-13-11-38(12-14-39)18-28(3)9-5-4-6-10-28/h7-8,15-17,19-20,36H,4-6,9-14,18H2,1-3H3. The molecule has 2 aliphatic rings. The summed E-state index contributed by atoms with van der Waals surface area (Å²) in [6.45, 7) is 10.4. The van der Waals surface area contributed by atoms with Crippen LogP contribution in [0.4, 0.5) is 34.8 Å². The molecule has 0 bridgehead atoms. The molecule has 11 heteroatoms. The maximum absolute atomic E-state index is 14.4. The number of nitrogens with zero attached hydrogens (tertiary/aromatic N) is 6. The average Bonchev–Trinajstić information content (AvgIpc) is 3.38. The Morgan fingerprint density at radius 3 is 2.40 bits per heavy atom. The summed E-state index contributed by atoms with van der Waals surface area (Å²) >= 11 is 0. The van der Waals surface area contributed by atoms with Gasteiger partial charge < -0.3 is 10.2 Å². The van der Waals surface area contributed by atoms with Crippen molar-refractivity contribution in [1.82, 2.24) is 24.6 Å². The Morgan fingerprint density at radius 2 is 1.73 bits per heavy atom. The average molecular weight is 560 g/mol. The van der Waals surface area contributed by atoms with Crippen LogP contribution in [-0.2, 0) is 6.18 Å². The maximum Gasteiger partial charge on any atom is 0.435 e. The minimum absolute atomic E-state index is 0.174. The van der Waals surface area contributed by atoms with Gasteiger partial charge in [-0.05, 0) is 56.4 Å². The first-order valence-corrected chi connectivity index (χ1v) is 14.0. The lowest BCUT2D eigenvalue weighted by molar-refractivity contribution is -0.141. The molecule has 2 fully saturated rings. The van der Waals surface area contributed by atoms with E-state index >= 15 is 0 Å². The van der Waals surface area contributed by atoms with Crippen molar-refractivity contribution in [3.8, 4) is 11.3 Å². The van der Waals surface area contributed by atoms with Gasteiger partial charge in [-0.3, -0.25) is 9.58 Å². The molecule has 3 heterocycles. The van der Waals surface area contributed by atoms with Gasteiger partial charge in [-0.1, -0.05) is 26.2 Å². The number of hydrogen-bond donors (Lipinski definition) is 1. The van der Waals surface area contributed by atoms with Crippen molar-refractivity contribution in [3.05, 3.63) is 48.3 Å². The Kier molecular flexibility index (Phi) is 8.03. The molecule has 1 saturated heterocycles. The Balaban J connectivity index is 1.38. The second-order valence-corrected chi connectivity index (χ2v) is 11.7. The van der Waals surface area contributed by atoms with Crippen LogP contribution in [-0.4, -0.2) is 57.4 Å². The molecule has 2 aromatic heterocycles. The van der Waals surface area contributed by atoms with Gasteiger partial charge in [0.15, 0.2) is 11.5 Å². The molecular formula is C29H37F4N7. The molecule has 216 valence electrons. The van der Waals surface area contributed by atoms with Gasteiger partial charge in [-0.15, -0.1) is 0 Å². The number of aromatic nitrogens is 4. The Hall–Kier alpha value is -3.21. The van der Waals surface area contributed by atoms with Gasteiger partial charge in [-0.2, -0.15) is 18.3 Å². The molecule has 1 N–H and O–H groups in total. The number of halogens is 4. The number of nitrogens with one attached hydrogen (secondary N) is 1. The monoisotopic (exact) mass is 559 g/mol. The van der Waals surface area contributed by atoms with Crippen LogP contribution in [0.1, 0.15) is 64.6 Å². The lowest BCUT2D eigenvalue weighted by Gasteiger charge is -2.42. The van der Waals surface area contributed by atoms with Gasteiger partial charge in [0.2, 0.25) is 0 Å². The van der Waals surface area contributed by atoms with E-state index < -0.39 is 17.7 Å². The van der Waals surface area contributed by atoms with Crippen LogP contribution in [0.25, 0.3) is 11.3 Å². The third kappa shape index (κ3) is 6.24. The summed E-state index contributed by atoms with van der Waals surface area (Å²) in [4.78, 5) is 13.5. The van der Waals surface area contributed by atoms with Crippen molar-refractivity contribution in [3.63, 3.8) is 0 Å². The first-order valence-electron chi connectivity index (χ1n) is 14.0. The summed E-state index contributed by atoms with van der Waals surface area (Å²) in [6.07, 6.45) is 5.05. The fraction of sp³-hybridized carbons (Fsp3) is 0.552. The van der Waals surface area contributed by atoms with E-state index in [1.165, 1.54) is 61.3 Å². The van der Waals surface area contributed by atoms with Crippen molar-refractivity contribution in [2.45, 2.75) is 65.1 Å². The summed E-state index contributed by atoms with van der Waals surface area (Å²) in [5.74, 6) is 0.153. The normalized spacial score (nSPS) is 18.4. The molecule has 1 aliphatic carbocycles. The van der Waals surface area contributed by atoms with Crippen molar-refractivity contribution in [2.75, 3.05) is 42.9 Å². The molecule has 1 aliphatic heterocycles. The lowest BCUT2D eigenvalue weighted by atomic mass is 9.75. The fourth-order valence-electron chi connectivity index (χ4n) is 5.99. The van der Waals surface area contributed by atoms with Crippen molar-refractivity contribution in [2.24, 2.45) is 5.41 Å². The van der Waals surface area contributed by atoms with Crippen LogP contribution in [0.15, 0.2) is 36.8 Å². The van der Waals surface area contributed by atoms with Crippen LogP contribution in [0.3, 0.4) is 0 Å². The van der Waals surface area contributed by atoms with Crippen LogP contribution >= 0.6 is 0 Å². The second kappa shape index (κ2) is 11.3. The van der Waals surface area contributed by atoms with E-state index in [2.05, 4.69) is 37.1 Å². The van der Waals surface area contributed by atoms with Crippen molar-refractivity contribution >= 4 is 17.2 Å². The molecule has 0 radical (unpaired) electrons. The van der Waals surface area contributed by atoms with Crippen molar-refractivity contribution < 1.29 is 17.6 Å². The topological polar surface area (TPSA) is 62.1 Å². The third-order valence-electron chi connectivity index (χ3n) is 8.07. The Morgan fingerprint density at radius 1 is 1.00 bits per heavy atom. The third-order valence-corrected chi connectivity index (χ3v) is 8.07. The Labute approximate surface area is 232 Å². The van der Waals surface area contributed by atoms with E-state index in [-0.39, 0.29) is 17.3 Å². The number of piperazine rings is 1. The van der Waals surface area contributed by atoms with E-state index in [1.54, 1.807) is 20.0 Å². The molecule has 0 spiro atoms. The highest BCUT2D eigenvalue weighted by molar-refractivity contribution is 5.82. The van der Waals surface area contributed by atoms with E-state index in [0.717, 1.165) is 38.8 Å². The van der Waals surface area contributed by atoms with Gasteiger partial charge in [0.1, 0.15) is 17.8 Å². The lowest BCUT2D eigenvalue weighted by Crippen LogP contribution is -2.50. The minimum Gasteiger partial charge on any atom is -0.352 e. The predicted molar refractivity (Wildman–Crippen MR) is 148 cm³/mol. The zero-order valence-electron chi connectivity index (χ0n) is 23.3. The van der Waals surface area contributed by atoms with E-state index in [0.29, 0.717) is 22.6 Å². The van der Waals surface area contributed by atoms with Gasteiger partial charge in [0, 0.05) is 50.0 Å². The predicted octanol–water partition coefficient (Wildman–Crippen LogP) is 6.91. The van der Waals surface area contributed by atoms with E-state index in [9.17, 15) is 17.6 Å². The fourth-order valence-corrected chi connectivity index (χ4v) is 5.99. The molecule has 0 atom stereocenters. The highest BCUT2D eigenvalue weighted by Gasteiger charge is 2.36. The smallest absolute Gasteiger partial charge is 0.352 e. The number of alkyl halides is 3. The summed E-state index contributed by atoms with van der Waals surface area (Å²) < 4.78 is 56.3. The summed E-state index contributed by atoms with van der Waals surface area (Å²) in [6, 6.07) is 4.63. The van der Waals surface area contributed by atoms with E-state index in [4.69, 9.17) is 0 Å². The van der Waals surface area contributed by atoms with Gasteiger partial charge in [0.05, 0.1) is 11.9 Å². The highest BCUT2D eigenvalue weighted by atomic mass is 19.4. The van der Waals surface area contributed by atoms with Crippen LogP contribution in [0, 0.1) is 11.2 Å². The Bertz CT molecular complexity index is 1310. The zero-order chi connectivity index (χ0) is 28.5. The zero-order valence-corrected chi connectivity index (χ0v) is 23.3.